The number of benzene rings is 2. The third-order valence-corrected chi connectivity index (χ3v) is 4.96. The van der Waals surface area contributed by atoms with E-state index in [1.807, 2.05) is 12.1 Å². The van der Waals surface area contributed by atoms with Crippen molar-refractivity contribution in [3.05, 3.63) is 83.0 Å². The number of hydrogen-bond donors (Lipinski definition) is 4. The van der Waals surface area contributed by atoms with E-state index in [4.69, 9.17) is 21.1 Å². The molecule has 1 heterocycles. The monoisotopic (exact) mass is 496 g/mol. The Hall–Kier alpha value is -2.17. The second-order valence-electron chi connectivity index (χ2n) is 7.32. The zero-order chi connectivity index (χ0) is 23.6. The maximum absolute atomic E-state index is 11.3. The van der Waals surface area contributed by atoms with Gasteiger partial charge in [-0.3, -0.25) is 0 Å². The molecular weight excluding hydrogens is 471 g/mol. The summed E-state index contributed by atoms with van der Waals surface area (Å²) in [6.07, 6.45) is 1.21. The molecule has 0 aliphatic carbocycles. The van der Waals surface area contributed by atoms with Crippen molar-refractivity contribution in [2.24, 2.45) is 0 Å². The first kappa shape index (κ1) is 28.1. The van der Waals surface area contributed by atoms with E-state index in [2.05, 4.69) is 10.3 Å². The van der Waals surface area contributed by atoms with Gasteiger partial charge in [-0.1, -0.05) is 29.8 Å². The van der Waals surface area contributed by atoms with E-state index in [9.17, 15) is 20.1 Å². The molecule has 0 radical (unpaired) electrons. The second kappa shape index (κ2) is 14.3. The van der Waals surface area contributed by atoms with Crippen molar-refractivity contribution in [1.82, 2.24) is 10.3 Å². The summed E-state index contributed by atoms with van der Waals surface area (Å²) >= 11 is 5.91. The molecule has 4 N–H and O–H groups in total. The first-order valence-electron chi connectivity index (χ1n) is 10.3. The average Bonchev–Trinajstić information content (AvgIpc) is 2.81. The van der Waals surface area contributed by atoms with Crippen LogP contribution in [-0.2, 0) is 6.42 Å². The number of carboxylic acid groups (broad SMARTS) is 1. The summed E-state index contributed by atoms with van der Waals surface area (Å²) in [4.78, 5) is 15.2. The molecule has 2 atom stereocenters. The number of halogens is 1. The predicted molar refractivity (Wildman–Crippen MR) is 130 cm³/mol. The van der Waals surface area contributed by atoms with Gasteiger partial charge in [-0.2, -0.15) is 0 Å². The van der Waals surface area contributed by atoms with Crippen molar-refractivity contribution in [3.8, 4) is 17.4 Å². The van der Waals surface area contributed by atoms with Crippen LogP contribution in [0.5, 0.6) is 17.4 Å². The van der Waals surface area contributed by atoms with Crippen LogP contribution in [0.3, 0.4) is 0 Å². The Labute approximate surface area is 224 Å². The van der Waals surface area contributed by atoms with Crippen LogP contribution in [0.4, 0.5) is 0 Å². The average molecular weight is 497 g/mol. The van der Waals surface area contributed by atoms with Crippen LogP contribution >= 0.6 is 11.6 Å². The van der Waals surface area contributed by atoms with Gasteiger partial charge >= 0.3 is 35.5 Å². The van der Waals surface area contributed by atoms with Gasteiger partial charge in [0.25, 0.3) is 0 Å². The molecule has 2 aromatic carbocycles. The van der Waals surface area contributed by atoms with Crippen LogP contribution in [0, 0.1) is 0 Å². The van der Waals surface area contributed by atoms with Crippen LogP contribution in [0.15, 0.2) is 66.9 Å². The molecule has 0 aliphatic rings. The van der Waals surface area contributed by atoms with Crippen LogP contribution in [0.1, 0.15) is 15.9 Å². The minimum atomic E-state index is -1.12. The van der Waals surface area contributed by atoms with E-state index < -0.39 is 12.1 Å². The van der Waals surface area contributed by atoms with Gasteiger partial charge < -0.3 is 30.1 Å². The maximum atomic E-state index is 11.3. The van der Waals surface area contributed by atoms with Crippen LogP contribution < -0.4 is 14.8 Å². The Kier molecular flexibility index (Phi) is 11.8. The van der Waals surface area contributed by atoms with Gasteiger partial charge in [-0.15, -0.1) is 0 Å². The van der Waals surface area contributed by atoms with E-state index in [0.717, 1.165) is 5.56 Å². The fourth-order valence-electron chi connectivity index (χ4n) is 3.04. The molecule has 176 valence electrons. The summed E-state index contributed by atoms with van der Waals surface area (Å²) in [7, 11) is 0. The number of pyridine rings is 1. The quantitative estimate of drug-likeness (QED) is 0.282. The number of aromatic nitrogens is 1. The Bertz CT molecular complexity index is 1050. The fourth-order valence-corrected chi connectivity index (χ4v) is 3.22. The van der Waals surface area contributed by atoms with E-state index in [1.54, 1.807) is 36.4 Å². The third kappa shape index (κ3) is 8.88. The Balaban J connectivity index is 0.00000408. The molecule has 0 spiro atoms. The second-order valence-corrected chi connectivity index (χ2v) is 7.76. The van der Waals surface area contributed by atoms with Crippen LogP contribution in [-0.4, -0.2) is 87.7 Å². The topological polar surface area (TPSA) is 121 Å². The van der Waals surface area contributed by atoms with E-state index in [1.165, 1.54) is 18.3 Å². The Morgan fingerprint density at radius 3 is 2.53 bits per heavy atom. The number of nitrogens with zero attached hydrogens (tertiary/aromatic N) is 1. The SMILES string of the molecule is O=C(O)c1cccnc1Oc1ccc(C[C@@H](CO)NC[C@H](O)COc2cccc(Cl)c2)cc1.[NaH]. The van der Waals surface area contributed by atoms with Crippen molar-refractivity contribution in [3.63, 3.8) is 0 Å². The number of nitrogens with one attached hydrogen (secondary N) is 1. The number of carbonyl (C=O) groups is 1. The molecule has 0 amide bonds. The predicted octanol–water partition coefficient (Wildman–Crippen LogP) is 2.51. The van der Waals surface area contributed by atoms with Gasteiger partial charge in [0.2, 0.25) is 5.88 Å². The Morgan fingerprint density at radius 2 is 1.85 bits per heavy atom. The number of aliphatic hydroxyl groups excluding tert-OH is 2. The molecule has 0 bridgehead atoms. The van der Waals surface area contributed by atoms with Crippen LogP contribution in [0.2, 0.25) is 5.02 Å². The molecule has 0 aliphatic heterocycles. The molecule has 0 unspecified atom stereocenters. The van der Waals surface area contributed by atoms with Gasteiger partial charge in [0.05, 0.1) is 6.61 Å². The fraction of sp³-hybridized carbons (Fsp3) is 0.250. The normalized spacial score (nSPS) is 12.3. The van der Waals surface area contributed by atoms with E-state index in [0.29, 0.717) is 22.9 Å². The molecule has 0 saturated carbocycles. The molecule has 10 heteroatoms. The molecule has 0 saturated heterocycles. The van der Waals surface area contributed by atoms with E-state index in [-0.39, 0.29) is 66.8 Å². The van der Waals surface area contributed by atoms with Crippen molar-refractivity contribution in [2.45, 2.75) is 18.6 Å². The summed E-state index contributed by atoms with van der Waals surface area (Å²) < 4.78 is 11.1. The standard InChI is InChI=1S/C24H25ClN2O6.Na.H/c25-17-3-1-4-21(12-17)32-15-19(29)13-27-18(14-28)11-16-6-8-20(9-7-16)33-23-22(24(30)31)5-2-10-26-23;;/h1-10,12,18-19,27-29H,11,13-15H2,(H,30,31);;/t18-,19-;;/m0../s1. The van der Waals surface area contributed by atoms with Crippen molar-refractivity contribution in [1.29, 1.82) is 0 Å². The number of aromatic carboxylic acids is 1. The summed E-state index contributed by atoms with van der Waals surface area (Å²) in [6, 6.07) is 16.7. The van der Waals surface area contributed by atoms with Crippen molar-refractivity contribution in [2.75, 3.05) is 19.8 Å². The molecule has 34 heavy (non-hydrogen) atoms. The first-order chi connectivity index (χ1) is 15.9. The van der Waals surface area contributed by atoms with E-state index >= 15 is 0 Å². The molecule has 0 fully saturated rings. The van der Waals surface area contributed by atoms with Gasteiger partial charge in [0, 0.05) is 23.8 Å². The number of ether oxygens (including phenoxy) is 2. The minimum absolute atomic E-state index is 0. The number of hydrogen-bond acceptors (Lipinski definition) is 7. The van der Waals surface area contributed by atoms with Crippen LogP contribution in [0.25, 0.3) is 0 Å². The van der Waals surface area contributed by atoms with Gasteiger partial charge in [-0.25, -0.2) is 9.78 Å². The van der Waals surface area contributed by atoms with Gasteiger partial charge in [-0.05, 0) is 54.4 Å². The zero-order valence-electron chi connectivity index (χ0n) is 17.7. The molecule has 1 aromatic heterocycles. The molecule has 8 nitrogen and oxygen atoms in total. The Morgan fingerprint density at radius 1 is 1.09 bits per heavy atom. The van der Waals surface area contributed by atoms with Crippen molar-refractivity contribution < 1.29 is 29.6 Å². The first-order valence-corrected chi connectivity index (χ1v) is 10.7. The number of carboxylic acids is 1. The third-order valence-electron chi connectivity index (χ3n) is 4.72. The molecule has 3 aromatic rings. The summed E-state index contributed by atoms with van der Waals surface area (Å²) in [5.41, 5.74) is 0.905. The van der Waals surface area contributed by atoms with Crippen molar-refractivity contribution >= 4 is 47.1 Å². The molecular formula is C24H26ClN2NaO6. The zero-order valence-corrected chi connectivity index (χ0v) is 18.5. The molecule has 3 rings (SSSR count). The number of rotatable bonds is 12. The summed E-state index contributed by atoms with van der Waals surface area (Å²) in [5, 5.41) is 32.8. The van der Waals surface area contributed by atoms with Gasteiger partial charge in [0.15, 0.2) is 0 Å². The number of aliphatic hydroxyl groups is 2. The summed E-state index contributed by atoms with van der Waals surface area (Å²) in [6.45, 7) is 0.212. The van der Waals surface area contributed by atoms with Gasteiger partial charge in [0.1, 0.15) is 29.8 Å². The summed E-state index contributed by atoms with van der Waals surface area (Å²) in [5.74, 6) is -0.0841.